The predicted molar refractivity (Wildman–Crippen MR) is 87.1 cm³/mol. The van der Waals surface area contributed by atoms with Gasteiger partial charge in [0.05, 0.1) is 0 Å². The Hall–Kier alpha value is -1.78. The highest BCUT2D eigenvalue weighted by Crippen LogP contribution is 2.41. The van der Waals surface area contributed by atoms with Gasteiger partial charge in [0.25, 0.3) is 0 Å². The molecule has 0 saturated carbocycles. The summed E-state index contributed by atoms with van der Waals surface area (Å²) in [5.74, 6) is 0.343. The lowest BCUT2D eigenvalue weighted by Gasteiger charge is -2.37. The van der Waals surface area contributed by atoms with E-state index in [-0.39, 0.29) is 11.3 Å². The van der Waals surface area contributed by atoms with E-state index in [1.54, 1.807) is 15.9 Å². The molecule has 1 atom stereocenters. The van der Waals surface area contributed by atoms with Gasteiger partial charge in [0, 0.05) is 32.1 Å². The van der Waals surface area contributed by atoms with Crippen molar-refractivity contribution in [1.29, 1.82) is 0 Å². The number of nitrogens with zero attached hydrogens (tertiary/aromatic N) is 2. The molecule has 0 spiro atoms. The third-order valence-corrected chi connectivity index (χ3v) is 4.92. The fourth-order valence-corrected chi connectivity index (χ4v) is 3.41. The molecule has 1 aliphatic heterocycles. The maximum Gasteiger partial charge on any atom is 0.314 e. The molecular formula is C17H27N3O2. The lowest BCUT2D eigenvalue weighted by Crippen LogP contribution is -2.51. The monoisotopic (exact) mass is 305 g/mol. The van der Waals surface area contributed by atoms with Gasteiger partial charge in [-0.15, -0.1) is 0 Å². The van der Waals surface area contributed by atoms with Crippen molar-refractivity contribution in [2.24, 2.45) is 17.1 Å². The molecule has 2 N–H and O–H groups in total. The third-order valence-electron chi connectivity index (χ3n) is 4.92. The van der Waals surface area contributed by atoms with Crippen molar-refractivity contribution in [3.63, 3.8) is 0 Å². The van der Waals surface area contributed by atoms with E-state index < -0.39 is 6.03 Å². The number of carbonyl (C=O) groups excluding carboxylic acids is 2. The highest BCUT2D eigenvalue weighted by atomic mass is 16.2. The minimum absolute atomic E-state index is 0.0262. The fraction of sp³-hybridized carbons (Fsp3) is 0.647. The van der Waals surface area contributed by atoms with E-state index in [4.69, 9.17) is 5.73 Å². The lowest BCUT2D eigenvalue weighted by molar-refractivity contribution is -0.127. The summed E-state index contributed by atoms with van der Waals surface area (Å²) in [4.78, 5) is 26.8. The van der Waals surface area contributed by atoms with Crippen molar-refractivity contribution < 1.29 is 9.59 Å². The van der Waals surface area contributed by atoms with E-state index in [1.165, 1.54) is 5.57 Å². The van der Waals surface area contributed by atoms with Crippen molar-refractivity contribution in [2.75, 3.05) is 26.2 Å². The zero-order valence-corrected chi connectivity index (χ0v) is 13.8. The van der Waals surface area contributed by atoms with Crippen LogP contribution in [0.3, 0.4) is 0 Å². The first-order valence-electron chi connectivity index (χ1n) is 7.99. The molecule has 3 amide bonds. The molecule has 0 bridgehead atoms. The summed E-state index contributed by atoms with van der Waals surface area (Å²) in [5.41, 5.74) is 6.79. The molecule has 2 rings (SSSR count). The summed E-state index contributed by atoms with van der Waals surface area (Å²) in [6.45, 7) is 8.80. The van der Waals surface area contributed by atoms with Crippen molar-refractivity contribution >= 4 is 11.9 Å². The molecule has 0 radical (unpaired) electrons. The van der Waals surface area contributed by atoms with Crippen LogP contribution in [0, 0.1) is 11.3 Å². The number of primary amides is 1. The molecule has 122 valence electrons. The van der Waals surface area contributed by atoms with Gasteiger partial charge in [-0.25, -0.2) is 4.79 Å². The Kier molecular flexibility index (Phi) is 4.94. The Balaban J connectivity index is 1.96. The maximum absolute atomic E-state index is 12.3. The first-order valence-corrected chi connectivity index (χ1v) is 7.99. The summed E-state index contributed by atoms with van der Waals surface area (Å²) in [6, 6.07) is -0.410. The van der Waals surface area contributed by atoms with E-state index in [1.807, 2.05) is 6.08 Å². The van der Waals surface area contributed by atoms with Gasteiger partial charge in [0.15, 0.2) is 0 Å². The highest BCUT2D eigenvalue weighted by molar-refractivity contribution is 5.88. The largest absolute Gasteiger partial charge is 0.351 e. The molecule has 1 saturated heterocycles. The standard InChI is InChI=1S/C17H27N3O2/c1-13-5-4-8-17(2,3)14(13)6-7-15(21)19-9-11-20(12-10-19)16(18)22/h5-7,14H,4,8-12H2,1-3H3,(H2,18,22). The molecule has 5 heteroatoms. The van der Waals surface area contributed by atoms with E-state index in [2.05, 4.69) is 26.8 Å². The van der Waals surface area contributed by atoms with Gasteiger partial charge in [0.1, 0.15) is 0 Å². The van der Waals surface area contributed by atoms with Gasteiger partial charge in [0.2, 0.25) is 5.91 Å². The number of piperazine rings is 1. The second-order valence-electron chi connectivity index (χ2n) is 6.96. The maximum atomic E-state index is 12.3. The molecule has 2 aliphatic rings. The topological polar surface area (TPSA) is 66.6 Å². The highest BCUT2D eigenvalue weighted by Gasteiger charge is 2.31. The van der Waals surface area contributed by atoms with E-state index in [0.717, 1.165) is 12.8 Å². The first kappa shape index (κ1) is 16.6. The second-order valence-corrected chi connectivity index (χ2v) is 6.96. The number of hydrogen-bond acceptors (Lipinski definition) is 2. The van der Waals surface area contributed by atoms with Gasteiger partial charge >= 0.3 is 6.03 Å². The summed E-state index contributed by atoms with van der Waals surface area (Å²) in [6.07, 6.45) is 8.29. The average molecular weight is 305 g/mol. The smallest absolute Gasteiger partial charge is 0.314 e. The van der Waals surface area contributed by atoms with Crippen LogP contribution in [0.2, 0.25) is 0 Å². The molecule has 1 aliphatic carbocycles. The number of rotatable bonds is 2. The lowest BCUT2D eigenvalue weighted by atomic mass is 9.68. The van der Waals surface area contributed by atoms with Crippen LogP contribution < -0.4 is 5.73 Å². The molecule has 0 aromatic carbocycles. The number of allylic oxidation sites excluding steroid dienone is 3. The Labute approximate surface area is 132 Å². The SMILES string of the molecule is CC1=CCCC(C)(C)C1C=CC(=O)N1CCN(C(N)=O)CC1. The van der Waals surface area contributed by atoms with Crippen LogP contribution >= 0.6 is 0 Å². The average Bonchev–Trinajstić information content (AvgIpc) is 2.46. The quantitative estimate of drug-likeness (QED) is 0.627. The number of nitrogens with two attached hydrogens (primary N) is 1. The van der Waals surface area contributed by atoms with Crippen LogP contribution in [-0.4, -0.2) is 47.9 Å². The van der Waals surface area contributed by atoms with Crippen LogP contribution in [-0.2, 0) is 4.79 Å². The van der Waals surface area contributed by atoms with Gasteiger partial charge in [-0.3, -0.25) is 4.79 Å². The Morgan fingerprint density at radius 3 is 2.36 bits per heavy atom. The predicted octanol–water partition coefficient (Wildman–Crippen LogP) is 2.15. The molecule has 1 heterocycles. The van der Waals surface area contributed by atoms with Gasteiger partial charge in [-0.2, -0.15) is 0 Å². The number of urea groups is 1. The Morgan fingerprint density at radius 2 is 1.82 bits per heavy atom. The van der Waals surface area contributed by atoms with Crippen LogP contribution in [0.5, 0.6) is 0 Å². The number of carbonyl (C=O) groups is 2. The van der Waals surface area contributed by atoms with Gasteiger partial charge in [-0.1, -0.05) is 31.6 Å². The third kappa shape index (κ3) is 3.70. The minimum Gasteiger partial charge on any atom is -0.351 e. The molecule has 1 fully saturated rings. The molecule has 22 heavy (non-hydrogen) atoms. The van der Waals surface area contributed by atoms with Crippen LogP contribution in [0.15, 0.2) is 23.8 Å². The van der Waals surface area contributed by atoms with Crippen LogP contribution in [0.4, 0.5) is 4.79 Å². The zero-order valence-electron chi connectivity index (χ0n) is 13.8. The van der Waals surface area contributed by atoms with Gasteiger partial charge in [-0.05, 0) is 31.3 Å². The van der Waals surface area contributed by atoms with Crippen LogP contribution in [0.25, 0.3) is 0 Å². The summed E-state index contributed by atoms with van der Waals surface area (Å²) < 4.78 is 0. The molecule has 1 unspecified atom stereocenters. The number of hydrogen-bond donors (Lipinski definition) is 1. The van der Waals surface area contributed by atoms with Crippen molar-refractivity contribution in [3.05, 3.63) is 23.8 Å². The Bertz CT molecular complexity index is 500. The second kappa shape index (κ2) is 6.55. The number of amides is 3. The Morgan fingerprint density at radius 1 is 1.23 bits per heavy atom. The van der Waals surface area contributed by atoms with E-state index in [0.29, 0.717) is 32.1 Å². The summed E-state index contributed by atoms with van der Waals surface area (Å²) in [5, 5.41) is 0. The molecule has 0 aromatic heterocycles. The first-order chi connectivity index (χ1) is 10.3. The zero-order chi connectivity index (χ0) is 16.3. The van der Waals surface area contributed by atoms with E-state index >= 15 is 0 Å². The van der Waals surface area contributed by atoms with Crippen LogP contribution in [0.1, 0.15) is 33.6 Å². The summed E-state index contributed by atoms with van der Waals surface area (Å²) >= 11 is 0. The molecular weight excluding hydrogens is 278 g/mol. The van der Waals surface area contributed by atoms with E-state index in [9.17, 15) is 9.59 Å². The van der Waals surface area contributed by atoms with Crippen molar-refractivity contribution in [2.45, 2.75) is 33.6 Å². The van der Waals surface area contributed by atoms with Crippen molar-refractivity contribution in [1.82, 2.24) is 9.80 Å². The summed E-state index contributed by atoms with van der Waals surface area (Å²) in [7, 11) is 0. The minimum atomic E-state index is -0.410. The normalized spacial score (nSPS) is 25.2. The molecule has 0 aromatic rings. The van der Waals surface area contributed by atoms with Crippen molar-refractivity contribution in [3.8, 4) is 0 Å². The van der Waals surface area contributed by atoms with Gasteiger partial charge < -0.3 is 15.5 Å². The fourth-order valence-electron chi connectivity index (χ4n) is 3.41. The molecule has 5 nitrogen and oxygen atoms in total.